The lowest BCUT2D eigenvalue weighted by Crippen LogP contribution is -2.38. The topological polar surface area (TPSA) is 99.6 Å². The standard InChI is InChI=1S/C23H19Cl2N3O3/c1-31-20-9-12(5-8-18(20)29)21-14(11-26)23(27)28(13-6-7-15(24)16(25)10-13)17-3-2-4-19(30)22(17)21/h5-10,21,29H,2-4,27H2,1H3. The number of rotatable bonds is 3. The molecule has 0 saturated carbocycles. The summed E-state index contributed by atoms with van der Waals surface area (Å²) in [6.07, 6.45) is 1.68. The van der Waals surface area contributed by atoms with E-state index in [9.17, 15) is 15.2 Å². The Morgan fingerprint density at radius 2 is 1.97 bits per heavy atom. The fourth-order valence-corrected chi connectivity index (χ4v) is 4.50. The van der Waals surface area contributed by atoms with Crippen molar-refractivity contribution in [2.45, 2.75) is 25.2 Å². The van der Waals surface area contributed by atoms with E-state index in [0.29, 0.717) is 46.1 Å². The number of methoxy groups -OCH3 is 1. The molecular formula is C23H19Cl2N3O3. The van der Waals surface area contributed by atoms with E-state index >= 15 is 0 Å². The summed E-state index contributed by atoms with van der Waals surface area (Å²) in [4.78, 5) is 14.8. The number of allylic oxidation sites excluding steroid dienone is 3. The van der Waals surface area contributed by atoms with Crippen LogP contribution in [0.5, 0.6) is 11.5 Å². The fraction of sp³-hybridized carbons (Fsp3) is 0.217. The first-order chi connectivity index (χ1) is 14.9. The molecule has 3 N–H and O–H groups in total. The molecule has 2 aromatic carbocycles. The maximum absolute atomic E-state index is 13.1. The van der Waals surface area contributed by atoms with Crippen molar-refractivity contribution >= 4 is 34.7 Å². The lowest BCUT2D eigenvalue weighted by molar-refractivity contribution is -0.116. The second-order valence-corrected chi connectivity index (χ2v) is 8.16. The predicted molar refractivity (Wildman–Crippen MR) is 119 cm³/mol. The Hall–Kier alpha value is -3.14. The molecule has 1 unspecified atom stereocenters. The van der Waals surface area contributed by atoms with Crippen LogP contribution in [-0.4, -0.2) is 18.0 Å². The summed E-state index contributed by atoms with van der Waals surface area (Å²) in [7, 11) is 1.44. The number of aromatic hydroxyl groups is 1. The summed E-state index contributed by atoms with van der Waals surface area (Å²) < 4.78 is 5.23. The molecule has 1 aliphatic heterocycles. The van der Waals surface area contributed by atoms with Crippen LogP contribution in [0, 0.1) is 11.3 Å². The van der Waals surface area contributed by atoms with Crippen molar-refractivity contribution < 1.29 is 14.6 Å². The summed E-state index contributed by atoms with van der Waals surface area (Å²) in [6.45, 7) is 0. The molecule has 4 rings (SSSR count). The summed E-state index contributed by atoms with van der Waals surface area (Å²) >= 11 is 12.3. The fourth-order valence-electron chi connectivity index (χ4n) is 4.21. The van der Waals surface area contributed by atoms with E-state index in [0.717, 1.165) is 5.70 Å². The Kier molecular flexibility index (Phi) is 5.57. The number of Topliss-reactive ketones (excluding diaryl/α,β-unsaturated/α-hetero) is 1. The Labute approximate surface area is 189 Å². The number of benzene rings is 2. The van der Waals surface area contributed by atoms with Crippen molar-refractivity contribution in [3.63, 3.8) is 0 Å². The van der Waals surface area contributed by atoms with Gasteiger partial charge in [-0.2, -0.15) is 5.26 Å². The van der Waals surface area contributed by atoms with Crippen LogP contribution in [0.2, 0.25) is 10.0 Å². The van der Waals surface area contributed by atoms with Crippen LogP contribution in [0.15, 0.2) is 59.1 Å². The second-order valence-electron chi connectivity index (χ2n) is 7.35. The van der Waals surface area contributed by atoms with Crippen LogP contribution in [0.3, 0.4) is 0 Å². The molecule has 2 aliphatic rings. The van der Waals surface area contributed by atoms with Gasteiger partial charge >= 0.3 is 0 Å². The molecular weight excluding hydrogens is 437 g/mol. The molecule has 31 heavy (non-hydrogen) atoms. The molecule has 0 fully saturated rings. The molecule has 0 amide bonds. The number of nitrogens with zero attached hydrogens (tertiary/aromatic N) is 2. The van der Waals surface area contributed by atoms with Gasteiger partial charge in [0.2, 0.25) is 0 Å². The normalized spacial score (nSPS) is 18.7. The van der Waals surface area contributed by atoms with E-state index in [1.807, 2.05) is 0 Å². The van der Waals surface area contributed by atoms with Crippen LogP contribution < -0.4 is 15.4 Å². The molecule has 0 saturated heterocycles. The second kappa shape index (κ2) is 8.18. The van der Waals surface area contributed by atoms with Gasteiger partial charge in [-0.3, -0.25) is 9.69 Å². The average molecular weight is 456 g/mol. The van der Waals surface area contributed by atoms with E-state index < -0.39 is 5.92 Å². The number of ketones is 1. The number of hydrogen-bond donors (Lipinski definition) is 2. The third-order valence-corrected chi connectivity index (χ3v) is 6.35. The average Bonchev–Trinajstić information content (AvgIpc) is 2.76. The van der Waals surface area contributed by atoms with Crippen molar-refractivity contribution in [1.29, 1.82) is 5.26 Å². The van der Waals surface area contributed by atoms with Gasteiger partial charge in [0.05, 0.1) is 34.7 Å². The van der Waals surface area contributed by atoms with E-state index in [4.69, 9.17) is 33.7 Å². The minimum Gasteiger partial charge on any atom is -0.504 e. The Morgan fingerprint density at radius 3 is 2.65 bits per heavy atom. The van der Waals surface area contributed by atoms with Gasteiger partial charge in [0.1, 0.15) is 5.82 Å². The largest absolute Gasteiger partial charge is 0.504 e. The van der Waals surface area contributed by atoms with Gasteiger partial charge in [0.15, 0.2) is 17.3 Å². The third kappa shape index (κ3) is 3.50. The highest BCUT2D eigenvalue weighted by atomic mass is 35.5. The maximum atomic E-state index is 13.1. The van der Waals surface area contributed by atoms with Gasteiger partial charge in [-0.15, -0.1) is 0 Å². The first kappa shape index (κ1) is 21.1. The number of anilines is 1. The van der Waals surface area contributed by atoms with Crippen molar-refractivity contribution in [2.24, 2.45) is 5.73 Å². The minimum atomic E-state index is -0.652. The highest BCUT2D eigenvalue weighted by Crippen LogP contribution is 2.47. The van der Waals surface area contributed by atoms with Crippen LogP contribution in [0.1, 0.15) is 30.7 Å². The molecule has 8 heteroatoms. The monoisotopic (exact) mass is 455 g/mol. The molecule has 0 spiro atoms. The molecule has 1 heterocycles. The van der Waals surface area contributed by atoms with Gasteiger partial charge in [-0.05, 0) is 48.7 Å². The van der Waals surface area contributed by atoms with Crippen LogP contribution in [0.4, 0.5) is 5.69 Å². The number of hydrogen-bond acceptors (Lipinski definition) is 6. The number of phenols is 1. The number of carbonyl (C=O) groups excluding carboxylic acids is 1. The zero-order valence-electron chi connectivity index (χ0n) is 16.7. The first-order valence-electron chi connectivity index (χ1n) is 9.65. The zero-order valence-corrected chi connectivity index (χ0v) is 18.2. The number of nitriles is 1. The van der Waals surface area contributed by atoms with Crippen molar-refractivity contribution in [1.82, 2.24) is 0 Å². The van der Waals surface area contributed by atoms with Gasteiger partial charge in [0.25, 0.3) is 0 Å². The Bertz CT molecular complexity index is 1200. The summed E-state index contributed by atoms with van der Waals surface area (Å²) in [5.74, 6) is -0.235. The molecule has 1 aliphatic carbocycles. The maximum Gasteiger partial charge on any atom is 0.161 e. The van der Waals surface area contributed by atoms with Gasteiger partial charge < -0.3 is 15.6 Å². The molecule has 0 aromatic heterocycles. The number of halogens is 2. The highest BCUT2D eigenvalue weighted by Gasteiger charge is 2.40. The zero-order chi connectivity index (χ0) is 22.3. The Balaban J connectivity index is 1.97. The van der Waals surface area contributed by atoms with Crippen LogP contribution >= 0.6 is 23.2 Å². The number of nitrogens with two attached hydrogens (primary N) is 1. The van der Waals surface area contributed by atoms with E-state index in [1.54, 1.807) is 35.2 Å². The van der Waals surface area contributed by atoms with Crippen LogP contribution in [0.25, 0.3) is 0 Å². The van der Waals surface area contributed by atoms with Gasteiger partial charge in [-0.1, -0.05) is 29.3 Å². The van der Waals surface area contributed by atoms with Gasteiger partial charge in [0, 0.05) is 23.4 Å². The molecule has 6 nitrogen and oxygen atoms in total. The SMILES string of the molecule is COc1cc(C2C(C#N)=C(N)N(c3ccc(Cl)c(Cl)c3)C3=C2C(=O)CCC3)ccc1O. The highest BCUT2D eigenvalue weighted by molar-refractivity contribution is 6.42. The van der Waals surface area contributed by atoms with Crippen molar-refractivity contribution in [3.8, 4) is 17.6 Å². The first-order valence-corrected chi connectivity index (χ1v) is 10.4. The summed E-state index contributed by atoms with van der Waals surface area (Å²) in [5, 5.41) is 20.8. The third-order valence-electron chi connectivity index (χ3n) is 5.61. The van der Waals surface area contributed by atoms with Crippen molar-refractivity contribution in [2.75, 3.05) is 12.0 Å². The lowest BCUT2D eigenvalue weighted by atomic mass is 9.75. The smallest absolute Gasteiger partial charge is 0.161 e. The van der Waals surface area contributed by atoms with Gasteiger partial charge in [-0.25, -0.2) is 0 Å². The van der Waals surface area contributed by atoms with E-state index in [-0.39, 0.29) is 28.7 Å². The lowest BCUT2D eigenvalue weighted by Gasteiger charge is -2.39. The number of ether oxygens (including phenoxy) is 1. The molecule has 2 aromatic rings. The molecule has 158 valence electrons. The van der Waals surface area contributed by atoms with E-state index in [1.165, 1.54) is 13.2 Å². The number of carbonyl (C=O) groups is 1. The van der Waals surface area contributed by atoms with Crippen molar-refractivity contribution in [3.05, 3.63) is 74.7 Å². The molecule has 0 radical (unpaired) electrons. The van der Waals surface area contributed by atoms with E-state index in [2.05, 4.69) is 6.07 Å². The summed E-state index contributed by atoms with van der Waals surface area (Å²) in [6, 6.07) is 12.1. The Morgan fingerprint density at radius 1 is 1.19 bits per heavy atom. The minimum absolute atomic E-state index is 0.0286. The predicted octanol–water partition coefficient (Wildman–Crippen LogP) is 5.01. The summed E-state index contributed by atoms with van der Waals surface area (Å²) in [5.41, 5.74) is 9.29. The van der Waals surface area contributed by atoms with Crippen LogP contribution in [-0.2, 0) is 4.79 Å². The number of phenolic OH excluding ortho intramolecular Hbond substituents is 1. The molecule has 0 bridgehead atoms. The molecule has 1 atom stereocenters. The quantitative estimate of drug-likeness (QED) is 0.674.